The number of ether oxygens (including phenoxy) is 2. The number of nitrogens with one attached hydrogen (secondary N) is 2. The lowest BCUT2D eigenvalue weighted by atomic mass is 10.1. The molecule has 0 fully saturated rings. The molecule has 8 heteroatoms. The molecule has 0 amide bonds. The van der Waals surface area contributed by atoms with Gasteiger partial charge in [0.15, 0.2) is 11.7 Å². The van der Waals surface area contributed by atoms with Gasteiger partial charge in [-0.1, -0.05) is 19.1 Å². The molecule has 0 aliphatic carbocycles. The first-order valence-electron chi connectivity index (χ1n) is 8.97. The van der Waals surface area contributed by atoms with Crippen LogP contribution in [-0.2, 0) is 4.74 Å². The predicted octanol–water partition coefficient (Wildman–Crippen LogP) is 3.33. The number of esters is 2. The minimum absolute atomic E-state index is 0.175. The molecule has 29 heavy (non-hydrogen) atoms. The average molecular weight is 392 g/mol. The van der Waals surface area contributed by atoms with E-state index in [9.17, 15) is 9.59 Å². The predicted molar refractivity (Wildman–Crippen MR) is 109 cm³/mol. The summed E-state index contributed by atoms with van der Waals surface area (Å²) < 4.78 is 10.7. The van der Waals surface area contributed by atoms with E-state index in [-0.39, 0.29) is 11.7 Å². The second-order valence-electron chi connectivity index (χ2n) is 6.15. The Hall–Kier alpha value is -3.94. The van der Waals surface area contributed by atoms with Gasteiger partial charge in [0.25, 0.3) is 0 Å². The van der Waals surface area contributed by atoms with Crippen molar-refractivity contribution in [2.24, 2.45) is 5.73 Å². The van der Waals surface area contributed by atoms with Gasteiger partial charge in [0, 0.05) is 22.7 Å². The molecular weight excluding hydrogens is 372 g/mol. The second kappa shape index (κ2) is 8.83. The number of hydrogen-bond acceptors (Lipinski definition) is 6. The van der Waals surface area contributed by atoms with Crippen LogP contribution in [0.1, 0.15) is 34.2 Å². The molecule has 0 spiro atoms. The molecule has 0 saturated heterocycles. The van der Waals surface area contributed by atoms with Crippen LogP contribution in [0.25, 0.3) is 10.8 Å². The molecule has 4 N–H and O–H groups in total. The Morgan fingerprint density at radius 1 is 1.07 bits per heavy atom. The van der Waals surface area contributed by atoms with E-state index in [1.165, 1.54) is 6.20 Å². The van der Waals surface area contributed by atoms with Crippen molar-refractivity contribution in [3.8, 4) is 5.75 Å². The molecule has 0 saturated carbocycles. The Bertz CT molecular complexity index is 1060. The fourth-order valence-electron chi connectivity index (χ4n) is 2.70. The maximum atomic E-state index is 12.5. The highest BCUT2D eigenvalue weighted by atomic mass is 16.5. The highest BCUT2D eigenvalue weighted by Crippen LogP contribution is 2.28. The molecule has 8 nitrogen and oxygen atoms in total. The largest absolute Gasteiger partial charge is 0.461 e. The number of fused-ring (bicyclic) bond motifs is 1. The summed E-state index contributed by atoms with van der Waals surface area (Å²) >= 11 is 0. The molecule has 0 atom stereocenters. The van der Waals surface area contributed by atoms with Crippen LogP contribution in [0.5, 0.6) is 5.75 Å². The van der Waals surface area contributed by atoms with Gasteiger partial charge in [-0.2, -0.15) is 0 Å². The maximum Gasteiger partial charge on any atom is 0.357 e. The van der Waals surface area contributed by atoms with E-state index in [1.54, 1.807) is 48.5 Å². The first-order valence-corrected chi connectivity index (χ1v) is 8.97. The highest BCUT2D eigenvalue weighted by molar-refractivity contribution is 6.05. The molecule has 0 bridgehead atoms. The van der Waals surface area contributed by atoms with Crippen LogP contribution >= 0.6 is 0 Å². The minimum Gasteiger partial charge on any atom is -0.461 e. The van der Waals surface area contributed by atoms with Gasteiger partial charge in [-0.15, -0.1) is 0 Å². The number of carbonyl (C=O) groups is 2. The van der Waals surface area contributed by atoms with Crippen molar-refractivity contribution in [3.05, 3.63) is 66.0 Å². The molecule has 2 aromatic carbocycles. The third-order valence-corrected chi connectivity index (χ3v) is 4.00. The summed E-state index contributed by atoms with van der Waals surface area (Å²) in [7, 11) is 0. The zero-order valence-corrected chi connectivity index (χ0v) is 15.8. The lowest BCUT2D eigenvalue weighted by Gasteiger charge is -2.10. The average Bonchev–Trinajstić information content (AvgIpc) is 2.72. The van der Waals surface area contributed by atoms with E-state index >= 15 is 0 Å². The summed E-state index contributed by atoms with van der Waals surface area (Å²) in [6, 6.07) is 13.1. The monoisotopic (exact) mass is 392 g/mol. The van der Waals surface area contributed by atoms with Gasteiger partial charge in [-0.25, -0.2) is 14.6 Å². The highest BCUT2D eigenvalue weighted by Gasteiger charge is 2.17. The molecule has 0 aliphatic rings. The van der Waals surface area contributed by atoms with Gasteiger partial charge in [-0.05, 0) is 42.8 Å². The molecule has 3 aromatic rings. The minimum atomic E-state index is -0.557. The third-order valence-electron chi connectivity index (χ3n) is 4.00. The fourth-order valence-corrected chi connectivity index (χ4v) is 2.70. The van der Waals surface area contributed by atoms with Gasteiger partial charge in [-0.3, -0.25) is 5.41 Å². The quantitative estimate of drug-likeness (QED) is 0.254. The summed E-state index contributed by atoms with van der Waals surface area (Å²) in [6.45, 7) is 2.21. The number of hydrogen-bond donors (Lipinski definition) is 3. The van der Waals surface area contributed by atoms with E-state index in [0.29, 0.717) is 40.8 Å². The number of carbonyl (C=O) groups excluding carboxylic acids is 2. The van der Waals surface area contributed by atoms with E-state index in [1.807, 2.05) is 6.92 Å². The van der Waals surface area contributed by atoms with Gasteiger partial charge in [0.05, 0.1) is 12.2 Å². The number of rotatable bonds is 6. The number of benzene rings is 2. The third kappa shape index (κ3) is 4.67. The lowest BCUT2D eigenvalue weighted by molar-refractivity contribution is 0.0500. The molecule has 1 aromatic heterocycles. The number of nitrogens with two attached hydrogens (primary N) is 1. The van der Waals surface area contributed by atoms with Crippen molar-refractivity contribution in [3.63, 3.8) is 0 Å². The number of guanidine groups is 1. The van der Waals surface area contributed by atoms with Crippen LogP contribution in [0.2, 0.25) is 0 Å². The normalized spacial score (nSPS) is 10.4. The first-order chi connectivity index (χ1) is 14.0. The van der Waals surface area contributed by atoms with Crippen LogP contribution < -0.4 is 15.8 Å². The van der Waals surface area contributed by atoms with Gasteiger partial charge in [0.2, 0.25) is 0 Å². The lowest BCUT2D eigenvalue weighted by Crippen LogP contribution is -2.20. The van der Waals surface area contributed by atoms with Crippen molar-refractivity contribution in [2.45, 2.75) is 13.3 Å². The zero-order chi connectivity index (χ0) is 20.8. The SMILES string of the molecule is CCCOC(=O)c1nccc2c(OC(=O)c3ccc(NC(=N)N)cc3)cccc12. The Kier molecular flexibility index (Phi) is 6.03. The summed E-state index contributed by atoms with van der Waals surface area (Å²) in [5, 5.41) is 11.0. The molecule has 0 unspecified atom stereocenters. The van der Waals surface area contributed by atoms with Crippen molar-refractivity contribution < 1.29 is 19.1 Å². The smallest absolute Gasteiger partial charge is 0.357 e. The Morgan fingerprint density at radius 3 is 2.52 bits per heavy atom. The van der Waals surface area contributed by atoms with Crippen LogP contribution in [0.15, 0.2) is 54.7 Å². The van der Waals surface area contributed by atoms with Crippen molar-refractivity contribution in [2.75, 3.05) is 11.9 Å². The van der Waals surface area contributed by atoms with E-state index < -0.39 is 11.9 Å². The molecule has 0 radical (unpaired) electrons. The molecule has 148 valence electrons. The van der Waals surface area contributed by atoms with Gasteiger partial charge >= 0.3 is 11.9 Å². The topological polar surface area (TPSA) is 127 Å². The number of pyridine rings is 1. The van der Waals surface area contributed by atoms with Crippen molar-refractivity contribution >= 4 is 34.4 Å². The van der Waals surface area contributed by atoms with E-state index in [0.717, 1.165) is 0 Å². The standard InChI is InChI=1S/C21H20N4O4/c1-2-12-28-20(27)18-16-4-3-5-17(15(16)10-11-24-18)29-19(26)13-6-8-14(9-7-13)25-21(22)23/h3-11H,2,12H2,1H3,(H4,22,23,25). The molecule has 0 aliphatic heterocycles. The number of nitrogens with zero attached hydrogens (tertiary/aromatic N) is 1. The Balaban J connectivity index is 1.85. The molecule has 1 heterocycles. The van der Waals surface area contributed by atoms with Crippen molar-refractivity contribution in [1.29, 1.82) is 5.41 Å². The van der Waals surface area contributed by atoms with Gasteiger partial charge in [0.1, 0.15) is 5.75 Å². The van der Waals surface area contributed by atoms with Crippen LogP contribution in [0, 0.1) is 5.41 Å². The number of anilines is 1. The van der Waals surface area contributed by atoms with Crippen molar-refractivity contribution in [1.82, 2.24) is 4.98 Å². The van der Waals surface area contributed by atoms with E-state index in [4.69, 9.17) is 20.6 Å². The maximum absolute atomic E-state index is 12.5. The number of aromatic nitrogens is 1. The second-order valence-corrected chi connectivity index (χ2v) is 6.15. The summed E-state index contributed by atoms with van der Waals surface area (Å²) in [6.07, 6.45) is 2.19. The molecular formula is C21H20N4O4. The van der Waals surface area contributed by atoms with Crippen LogP contribution in [0.3, 0.4) is 0 Å². The van der Waals surface area contributed by atoms with Crippen LogP contribution in [-0.4, -0.2) is 29.5 Å². The fraction of sp³-hybridized carbons (Fsp3) is 0.143. The first kappa shape index (κ1) is 19.8. The van der Waals surface area contributed by atoms with E-state index in [2.05, 4.69) is 10.3 Å². The summed E-state index contributed by atoms with van der Waals surface area (Å²) in [5.41, 5.74) is 6.37. The zero-order valence-electron chi connectivity index (χ0n) is 15.8. The summed E-state index contributed by atoms with van der Waals surface area (Å²) in [4.78, 5) is 28.9. The summed E-state index contributed by atoms with van der Waals surface area (Å²) in [5.74, 6) is -0.961. The van der Waals surface area contributed by atoms with Gasteiger partial charge < -0.3 is 20.5 Å². The Labute approximate surface area is 167 Å². The Morgan fingerprint density at radius 2 is 1.83 bits per heavy atom. The van der Waals surface area contributed by atoms with Crippen LogP contribution in [0.4, 0.5) is 5.69 Å². The molecule has 3 rings (SSSR count).